The highest BCUT2D eigenvalue weighted by molar-refractivity contribution is 7.99. The van der Waals surface area contributed by atoms with Crippen LogP contribution in [-0.4, -0.2) is 48.0 Å². The lowest BCUT2D eigenvalue weighted by molar-refractivity contribution is -0.139. The van der Waals surface area contributed by atoms with Gasteiger partial charge in [0.25, 0.3) is 0 Å². The maximum Gasteiger partial charge on any atom is 0.314 e. The third-order valence-electron chi connectivity index (χ3n) is 4.34. The molecule has 4 nitrogen and oxygen atoms in total. The number of hydrogen-bond donors (Lipinski definition) is 1. The predicted octanol–water partition coefficient (Wildman–Crippen LogP) is 3.32. The van der Waals surface area contributed by atoms with Gasteiger partial charge in [0.15, 0.2) is 0 Å². The lowest BCUT2D eigenvalue weighted by atomic mass is 10.0. The number of rotatable bonds is 5. The van der Waals surface area contributed by atoms with E-state index in [-0.39, 0.29) is 11.9 Å². The van der Waals surface area contributed by atoms with Gasteiger partial charge in [-0.2, -0.15) is 11.8 Å². The van der Waals surface area contributed by atoms with Gasteiger partial charge in [-0.3, -0.25) is 4.79 Å². The van der Waals surface area contributed by atoms with Gasteiger partial charge in [0.05, 0.1) is 5.92 Å². The molecule has 0 aliphatic carbocycles. The zero-order valence-corrected chi connectivity index (χ0v) is 14.6. The smallest absolute Gasteiger partial charge is 0.314 e. The Morgan fingerprint density at radius 2 is 2.13 bits per heavy atom. The molecule has 1 fully saturated rings. The SMILES string of the molecule is CN(C)CCc1c[nH]c2cccc(OC(=O)C3CCSCC3)c12. The van der Waals surface area contributed by atoms with E-state index in [1.807, 2.05) is 36.2 Å². The van der Waals surface area contributed by atoms with Gasteiger partial charge < -0.3 is 14.6 Å². The summed E-state index contributed by atoms with van der Waals surface area (Å²) in [5.41, 5.74) is 2.24. The second-order valence-corrected chi connectivity index (χ2v) is 7.58. The van der Waals surface area contributed by atoms with Crippen molar-refractivity contribution < 1.29 is 9.53 Å². The minimum Gasteiger partial charge on any atom is -0.426 e. The first kappa shape index (κ1) is 16.4. The van der Waals surface area contributed by atoms with Crippen molar-refractivity contribution in [1.29, 1.82) is 0 Å². The first-order valence-corrected chi connectivity index (χ1v) is 9.34. The summed E-state index contributed by atoms with van der Waals surface area (Å²) in [7, 11) is 4.13. The van der Waals surface area contributed by atoms with Crippen LogP contribution in [0.25, 0.3) is 10.9 Å². The molecule has 0 amide bonds. The first-order valence-electron chi connectivity index (χ1n) is 8.18. The number of likely N-dealkylation sites (N-methyl/N-ethyl adjacent to an activating group) is 1. The number of carbonyl (C=O) groups excluding carboxylic acids is 1. The maximum absolute atomic E-state index is 12.5. The predicted molar refractivity (Wildman–Crippen MR) is 96.2 cm³/mol. The summed E-state index contributed by atoms with van der Waals surface area (Å²) in [6, 6.07) is 5.88. The van der Waals surface area contributed by atoms with Crippen molar-refractivity contribution in [2.75, 3.05) is 32.1 Å². The number of fused-ring (bicyclic) bond motifs is 1. The third-order valence-corrected chi connectivity index (χ3v) is 5.39. The molecule has 2 heterocycles. The van der Waals surface area contributed by atoms with Crippen LogP contribution in [0.1, 0.15) is 18.4 Å². The standard InChI is InChI=1S/C18H24N2O2S/c1-20(2)9-6-14-12-19-15-4-3-5-16(17(14)15)22-18(21)13-7-10-23-11-8-13/h3-5,12-13,19H,6-11H2,1-2H3. The largest absolute Gasteiger partial charge is 0.426 e. The van der Waals surface area contributed by atoms with Crippen molar-refractivity contribution in [3.05, 3.63) is 30.0 Å². The van der Waals surface area contributed by atoms with Crippen molar-refractivity contribution in [3.63, 3.8) is 0 Å². The second-order valence-electron chi connectivity index (χ2n) is 6.35. The first-order chi connectivity index (χ1) is 11.1. The molecule has 1 aliphatic rings. The summed E-state index contributed by atoms with van der Waals surface area (Å²) in [6.45, 7) is 0.967. The maximum atomic E-state index is 12.5. The number of carbonyl (C=O) groups is 1. The van der Waals surface area contributed by atoms with Crippen molar-refractivity contribution in [3.8, 4) is 5.75 Å². The average molecular weight is 332 g/mol. The highest BCUT2D eigenvalue weighted by Crippen LogP contribution is 2.31. The minimum atomic E-state index is -0.0717. The Labute approximate surface area is 141 Å². The molecule has 0 unspecified atom stereocenters. The van der Waals surface area contributed by atoms with Gasteiger partial charge >= 0.3 is 5.97 Å². The van der Waals surface area contributed by atoms with Gasteiger partial charge in [-0.25, -0.2) is 0 Å². The number of benzene rings is 1. The second kappa shape index (κ2) is 7.41. The summed E-state index contributed by atoms with van der Waals surface area (Å²) in [4.78, 5) is 17.9. The average Bonchev–Trinajstić information content (AvgIpc) is 2.98. The Bertz CT molecular complexity index is 675. The van der Waals surface area contributed by atoms with E-state index in [0.29, 0.717) is 5.75 Å². The quantitative estimate of drug-likeness (QED) is 0.674. The van der Waals surface area contributed by atoms with E-state index in [9.17, 15) is 4.79 Å². The highest BCUT2D eigenvalue weighted by Gasteiger charge is 2.24. The number of ether oxygens (including phenoxy) is 1. The summed E-state index contributed by atoms with van der Waals surface area (Å²) in [6.07, 6.45) is 4.82. The van der Waals surface area contributed by atoms with Crippen molar-refractivity contribution >= 4 is 28.6 Å². The van der Waals surface area contributed by atoms with E-state index in [1.54, 1.807) is 0 Å². The van der Waals surface area contributed by atoms with E-state index in [1.165, 1.54) is 5.56 Å². The Balaban J connectivity index is 1.81. The van der Waals surface area contributed by atoms with E-state index in [2.05, 4.69) is 24.0 Å². The van der Waals surface area contributed by atoms with Crippen molar-refractivity contribution in [2.24, 2.45) is 5.92 Å². The van der Waals surface area contributed by atoms with Crippen LogP contribution >= 0.6 is 11.8 Å². The third kappa shape index (κ3) is 3.90. The molecular weight excluding hydrogens is 308 g/mol. The number of hydrogen-bond acceptors (Lipinski definition) is 4. The molecule has 1 aromatic heterocycles. The molecule has 3 rings (SSSR count). The van der Waals surface area contributed by atoms with Crippen LogP contribution in [0.15, 0.2) is 24.4 Å². The summed E-state index contributed by atoms with van der Waals surface area (Å²) < 4.78 is 5.79. The zero-order valence-electron chi connectivity index (χ0n) is 13.8. The zero-order chi connectivity index (χ0) is 16.2. The summed E-state index contributed by atoms with van der Waals surface area (Å²) in [5, 5.41) is 1.05. The Morgan fingerprint density at radius 1 is 1.35 bits per heavy atom. The lowest BCUT2D eigenvalue weighted by Gasteiger charge is -2.20. The fourth-order valence-electron chi connectivity index (χ4n) is 2.97. The van der Waals surface area contributed by atoms with Crippen LogP contribution in [0.5, 0.6) is 5.75 Å². The van der Waals surface area contributed by atoms with Crippen LogP contribution in [0.2, 0.25) is 0 Å². The fourth-order valence-corrected chi connectivity index (χ4v) is 4.08. The number of nitrogens with zero attached hydrogens (tertiary/aromatic N) is 1. The molecule has 1 aliphatic heterocycles. The van der Waals surface area contributed by atoms with Crippen molar-refractivity contribution in [2.45, 2.75) is 19.3 Å². The molecule has 1 saturated heterocycles. The summed E-state index contributed by atoms with van der Waals surface area (Å²) in [5.74, 6) is 2.79. The number of thioether (sulfide) groups is 1. The number of aromatic nitrogens is 1. The van der Waals surface area contributed by atoms with Crippen LogP contribution in [0, 0.1) is 5.92 Å². The molecule has 1 N–H and O–H groups in total. The van der Waals surface area contributed by atoms with E-state index in [0.717, 1.165) is 48.2 Å². The van der Waals surface area contributed by atoms with Crippen LogP contribution < -0.4 is 4.74 Å². The summed E-state index contributed by atoms with van der Waals surface area (Å²) >= 11 is 1.92. The van der Waals surface area contributed by atoms with Gasteiger partial charge in [0, 0.05) is 23.6 Å². The van der Waals surface area contributed by atoms with Gasteiger partial charge in [0.2, 0.25) is 0 Å². The normalized spacial score (nSPS) is 16.1. The Kier molecular flexibility index (Phi) is 5.28. The van der Waals surface area contributed by atoms with Gasteiger partial charge in [-0.15, -0.1) is 0 Å². The molecular formula is C18H24N2O2S. The van der Waals surface area contributed by atoms with E-state index >= 15 is 0 Å². The highest BCUT2D eigenvalue weighted by atomic mass is 32.2. The number of H-pyrrole nitrogens is 1. The number of nitrogens with one attached hydrogen (secondary N) is 1. The Morgan fingerprint density at radius 3 is 2.87 bits per heavy atom. The lowest BCUT2D eigenvalue weighted by Crippen LogP contribution is -2.24. The van der Waals surface area contributed by atoms with Gasteiger partial charge in [-0.05, 0) is 62.6 Å². The van der Waals surface area contributed by atoms with E-state index in [4.69, 9.17) is 4.74 Å². The number of esters is 1. The minimum absolute atomic E-state index is 0.0515. The van der Waals surface area contributed by atoms with Crippen LogP contribution in [0.4, 0.5) is 0 Å². The molecule has 2 aromatic rings. The topological polar surface area (TPSA) is 45.3 Å². The monoisotopic (exact) mass is 332 g/mol. The molecule has 5 heteroatoms. The molecule has 0 atom stereocenters. The van der Waals surface area contributed by atoms with E-state index < -0.39 is 0 Å². The van der Waals surface area contributed by atoms with Crippen molar-refractivity contribution in [1.82, 2.24) is 9.88 Å². The Hall–Kier alpha value is -1.46. The van der Waals surface area contributed by atoms with Gasteiger partial charge in [-0.1, -0.05) is 6.07 Å². The van der Waals surface area contributed by atoms with Crippen LogP contribution in [0.3, 0.4) is 0 Å². The molecule has 124 valence electrons. The number of aromatic amines is 1. The molecule has 0 bridgehead atoms. The molecule has 1 aromatic carbocycles. The van der Waals surface area contributed by atoms with Gasteiger partial charge in [0.1, 0.15) is 5.75 Å². The molecule has 0 radical (unpaired) electrons. The molecule has 23 heavy (non-hydrogen) atoms. The molecule has 0 spiro atoms. The molecule has 0 saturated carbocycles. The van der Waals surface area contributed by atoms with Crippen LogP contribution in [-0.2, 0) is 11.2 Å². The fraction of sp³-hybridized carbons (Fsp3) is 0.500.